The van der Waals surface area contributed by atoms with Crippen LogP contribution in [0.1, 0.15) is 62.9 Å². The van der Waals surface area contributed by atoms with Crippen molar-refractivity contribution >= 4 is 17.5 Å². The molecular weight excluding hydrogens is 567 g/mol. The largest absolute Gasteiger partial charge is 0.498 e. The van der Waals surface area contributed by atoms with Crippen molar-refractivity contribution in [2.45, 2.75) is 65.9 Å². The summed E-state index contributed by atoms with van der Waals surface area (Å²) in [5.41, 5.74) is 5.87. The Morgan fingerprint density at radius 2 is 1.87 bits per heavy atom. The van der Waals surface area contributed by atoms with E-state index in [0.29, 0.717) is 40.8 Å². The highest BCUT2D eigenvalue weighted by molar-refractivity contribution is 5.99. The second-order valence-corrected chi connectivity index (χ2v) is 12.5. The molecule has 2 unspecified atom stereocenters. The summed E-state index contributed by atoms with van der Waals surface area (Å²) >= 11 is 0. The highest BCUT2D eigenvalue weighted by Gasteiger charge is 2.27. The Kier molecular flexibility index (Phi) is 11.4. The van der Waals surface area contributed by atoms with Crippen LogP contribution in [0.25, 0.3) is 6.08 Å². The van der Waals surface area contributed by atoms with Crippen molar-refractivity contribution in [2.24, 2.45) is 16.3 Å². The Balaban J connectivity index is 1.46. The van der Waals surface area contributed by atoms with Crippen molar-refractivity contribution in [3.05, 3.63) is 100 Å². The molecule has 0 aliphatic heterocycles. The van der Waals surface area contributed by atoms with Gasteiger partial charge in [0.1, 0.15) is 29.8 Å². The minimum absolute atomic E-state index is 0.0357. The predicted octanol–water partition coefficient (Wildman–Crippen LogP) is 8.23. The van der Waals surface area contributed by atoms with Crippen LogP contribution in [0.2, 0.25) is 0 Å². The van der Waals surface area contributed by atoms with E-state index in [0.717, 1.165) is 30.5 Å². The van der Waals surface area contributed by atoms with Gasteiger partial charge in [0.2, 0.25) is 5.88 Å². The van der Waals surface area contributed by atoms with Crippen molar-refractivity contribution in [3.8, 4) is 11.6 Å². The molecule has 1 aliphatic rings. The average molecular weight is 613 g/mol. The van der Waals surface area contributed by atoms with E-state index in [1.807, 2.05) is 26.1 Å². The van der Waals surface area contributed by atoms with E-state index < -0.39 is 0 Å². The van der Waals surface area contributed by atoms with Gasteiger partial charge in [-0.25, -0.2) is 14.4 Å². The number of nitrogens with one attached hydrogen (secondary N) is 1. The first kappa shape index (κ1) is 33.7. The zero-order valence-electron chi connectivity index (χ0n) is 27.5. The normalized spacial score (nSPS) is 16.1. The van der Waals surface area contributed by atoms with Crippen LogP contribution in [0.3, 0.4) is 0 Å². The molecule has 2 atom stereocenters. The molecule has 1 aliphatic carbocycles. The van der Waals surface area contributed by atoms with Crippen LogP contribution in [-0.2, 0) is 28.7 Å². The topological polar surface area (TPSA) is 89.7 Å². The third-order valence-electron chi connectivity index (χ3n) is 8.18. The summed E-state index contributed by atoms with van der Waals surface area (Å²) in [4.78, 5) is 13.3. The number of halogens is 1. The van der Waals surface area contributed by atoms with Crippen molar-refractivity contribution < 1.29 is 18.6 Å². The van der Waals surface area contributed by atoms with Crippen LogP contribution in [0.4, 0.5) is 4.39 Å². The van der Waals surface area contributed by atoms with E-state index in [4.69, 9.17) is 19.6 Å². The molecule has 0 radical (unpaired) electrons. The number of allylic oxidation sites excluding steroid dienone is 2. The average Bonchev–Trinajstić information content (AvgIpc) is 3.02. The van der Waals surface area contributed by atoms with Gasteiger partial charge in [0.25, 0.3) is 0 Å². The highest BCUT2D eigenvalue weighted by atomic mass is 19.1. The molecular formula is C37H45FN4O3. The summed E-state index contributed by atoms with van der Waals surface area (Å²) in [5.74, 6) is 1.12. The highest BCUT2D eigenvalue weighted by Crippen LogP contribution is 2.33. The van der Waals surface area contributed by atoms with Gasteiger partial charge >= 0.3 is 0 Å². The number of rotatable bonds is 13. The van der Waals surface area contributed by atoms with Crippen LogP contribution < -0.4 is 4.74 Å². The molecule has 0 bridgehead atoms. The Morgan fingerprint density at radius 3 is 2.53 bits per heavy atom. The molecule has 0 fully saturated rings. The van der Waals surface area contributed by atoms with Crippen molar-refractivity contribution in [3.63, 3.8) is 0 Å². The maximum atomic E-state index is 15.0. The van der Waals surface area contributed by atoms with E-state index in [-0.39, 0.29) is 29.7 Å². The molecule has 238 valence electrons. The molecule has 0 saturated heterocycles. The van der Waals surface area contributed by atoms with Gasteiger partial charge in [-0.05, 0) is 60.6 Å². The second kappa shape index (κ2) is 15.2. The maximum absolute atomic E-state index is 15.0. The lowest BCUT2D eigenvalue weighted by Crippen LogP contribution is -2.23. The summed E-state index contributed by atoms with van der Waals surface area (Å²) < 4.78 is 32.2. The standard InChI is InChI=1S/C37H45FN4O3/c1-24(13-14-26(17-25-11-9-8-10-12-25)18-35(40-5)37(2,3)4)31(39)20-27-19-28(15-16-30(27)38)45-36-29-21-33(43-6)34(44-7)22-32(29)41-23-42-36/h8-12,15-16,18-19,22-24,33,39H,13-14,17,20-21H2,1-7H3/b26-18-,39-31?,40-35+. The zero-order valence-corrected chi connectivity index (χ0v) is 27.5. The summed E-state index contributed by atoms with van der Waals surface area (Å²) in [6.07, 6.45) is 8.30. The monoisotopic (exact) mass is 612 g/mol. The first-order chi connectivity index (χ1) is 21.5. The molecule has 2 aromatic carbocycles. The lowest BCUT2D eigenvalue weighted by atomic mass is 9.86. The number of ether oxygens (including phenoxy) is 3. The van der Waals surface area contributed by atoms with Crippen LogP contribution in [0.15, 0.2) is 77.3 Å². The lowest BCUT2D eigenvalue weighted by Gasteiger charge is -2.24. The maximum Gasteiger partial charge on any atom is 0.226 e. The summed E-state index contributed by atoms with van der Waals surface area (Å²) in [6.45, 7) is 8.54. The third-order valence-corrected chi connectivity index (χ3v) is 8.18. The quantitative estimate of drug-likeness (QED) is 0.196. The molecule has 1 N–H and O–H groups in total. The molecule has 1 heterocycles. The Bertz CT molecular complexity index is 1570. The molecule has 0 amide bonds. The van der Waals surface area contributed by atoms with Gasteiger partial charge in [-0.2, -0.15) is 0 Å². The Hall–Kier alpha value is -4.17. The van der Waals surface area contributed by atoms with Crippen molar-refractivity contribution in [2.75, 3.05) is 21.3 Å². The van der Waals surface area contributed by atoms with E-state index in [2.05, 4.69) is 66.1 Å². The van der Waals surface area contributed by atoms with Crippen LogP contribution in [-0.4, -0.2) is 48.8 Å². The molecule has 7 nitrogen and oxygen atoms in total. The fourth-order valence-electron chi connectivity index (χ4n) is 5.41. The van der Waals surface area contributed by atoms with Gasteiger partial charge in [-0.15, -0.1) is 0 Å². The minimum Gasteiger partial charge on any atom is -0.498 e. The number of methoxy groups -OCH3 is 2. The summed E-state index contributed by atoms with van der Waals surface area (Å²) in [6, 6.07) is 15.0. The fraction of sp³-hybridized carbons (Fsp3) is 0.405. The van der Waals surface area contributed by atoms with Crippen LogP contribution in [0, 0.1) is 22.6 Å². The SMILES string of the molecule is C/N=C(\C=C(\CCC(C)C(=N)Cc1cc(Oc2ncnc3c2CC(OC)C(OC)=C3)ccc1F)Cc1ccccc1)C(C)(C)C. The molecule has 1 aromatic heterocycles. The Morgan fingerprint density at radius 1 is 1.11 bits per heavy atom. The number of benzene rings is 2. The zero-order chi connectivity index (χ0) is 32.6. The van der Waals surface area contributed by atoms with Gasteiger partial charge in [0, 0.05) is 55.5 Å². The number of hydrogen-bond donors (Lipinski definition) is 1. The lowest BCUT2D eigenvalue weighted by molar-refractivity contribution is 0.0787. The van der Waals surface area contributed by atoms with Crippen molar-refractivity contribution in [1.82, 2.24) is 9.97 Å². The predicted molar refractivity (Wildman–Crippen MR) is 179 cm³/mol. The van der Waals surface area contributed by atoms with Gasteiger partial charge in [0.15, 0.2) is 0 Å². The van der Waals surface area contributed by atoms with E-state index >= 15 is 0 Å². The van der Waals surface area contributed by atoms with Gasteiger partial charge in [-0.1, -0.05) is 63.6 Å². The molecule has 0 spiro atoms. The van der Waals surface area contributed by atoms with Crippen LogP contribution >= 0.6 is 0 Å². The number of fused-ring (bicyclic) bond motifs is 1. The number of aliphatic imine (C=N–C) groups is 1. The molecule has 0 saturated carbocycles. The summed E-state index contributed by atoms with van der Waals surface area (Å²) in [7, 11) is 5.06. The van der Waals surface area contributed by atoms with Crippen molar-refractivity contribution in [1.29, 1.82) is 5.41 Å². The molecule has 3 aromatic rings. The fourth-order valence-corrected chi connectivity index (χ4v) is 5.41. The van der Waals surface area contributed by atoms with Gasteiger partial charge < -0.3 is 19.6 Å². The van der Waals surface area contributed by atoms with E-state index in [9.17, 15) is 4.39 Å². The number of nitrogens with zero attached hydrogens (tertiary/aromatic N) is 3. The van der Waals surface area contributed by atoms with E-state index in [1.165, 1.54) is 23.5 Å². The summed E-state index contributed by atoms with van der Waals surface area (Å²) in [5, 5.41) is 8.86. The molecule has 45 heavy (non-hydrogen) atoms. The van der Waals surface area contributed by atoms with E-state index in [1.54, 1.807) is 26.4 Å². The Labute approximate surface area is 266 Å². The second-order valence-electron chi connectivity index (χ2n) is 12.5. The number of aromatic nitrogens is 2. The molecule has 4 rings (SSSR count). The minimum atomic E-state index is -0.366. The first-order valence-electron chi connectivity index (χ1n) is 15.4. The smallest absolute Gasteiger partial charge is 0.226 e. The first-order valence-corrected chi connectivity index (χ1v) is 15.4. The number of hydrogen-bond acceptors (Lipinski definition) is 7. The van der Waals surface area contributed by atoms with Gasteiger partial charge in [-0.3, -0.25) is 4.99 Å². The van der Waals surface area contributed by atoms with Gasteiger partial charge in [0.05, 0.1) is 12.8 Å². The molecule has 8 heteroatoms. The van der Waals surface area contributed by atoms with Crippen LogP contribution in [0.5, 0.6) is 11.6 Å². The third kappa shape index (κ3) is 8.94.